The lowest BCUT2D eigenvalue weighted by molar-refractivity contribution is 0.276. The molecule has 0 unspecified atom stereocenters. The lowest BCUT2D eigenvalue weighted by atomic mass is 10.2. The lowest BCUT2D eigenvalue weighted by Gasteiger charge is -2.15. The predicted octanol–water partition coefficient (Wildman–Crippen LogP) is 0.291. The Morgan fingerprint density at radius 1 is 1.17 bits per heavy atom. The van der Waals surface area contributed by atoms with Gasteiger partial charge in [-0.15, -0.1) is 0 Å². The molecule has 0 aliphatic rings. The van der Waals surface area contributed by atoms with E-state index >= 15 is 0 Å². The van der Waals surface area contributed by atoms with Crippen LogP contribution in [0.15, 0.2) is 12.1 Å². The van der Waals surface area contributed by atoms with Crippen molar-refractivity contribution >= 4 is 5.69 Å². The number of anilines is 1. The minimum absolute atomic E-state index is 0.0215. The van der Waals surface area contributed by atoms with E-state index < -0.39 is 0 Å². The van der Waals surface area contributed by atoms with E-state index in [4.69, 9.17) is 0 Å². The Kier molecular flexibility index (Phi) is 6.04. The normalized spacial score (nSPS) is 11.0. The molecule has 18 heavy (non-hydrogen) atoms. The van der Waals surface area contributed by atoms with Gasteiger partial charge in [0.25, 0.3) is 0 Å². The first kappa shape index (κ1) is 14.9. The number of nitrogens with zero attached hydrogens (tertiary/aromatic N) is 3. The number of likely N-dealkylation sites (N-methyl/N-ethyl adjacent to an activating group) is 1. The van der Waals surface area contributed by atoms with Crippen molar-refractivity contribution < 1.29 is 5.11 Å². The summed E-state index contributed by atoms with van der Waals surface area (Å²) in [5, 5.41) is 12.6. The van der Waals surface area contributed by atoms with E-state index in [-0.39, 0.29) is 6.61 Å². The molecule has 2 N–H and O–H groups in total. The molecule has 0 fully saturated rings. The molecular weight excluding hydrogens is 228 g/mol. The van der Waals surface area contributed by atoms with Crippen molar-refractivity contribution in [2.75, 3.05) is 46.2 Å². The van der Waals surface area contributed by atoms with Crippen LogP contribution in [-0.4, -0.2) is 56.3 Å². The first-order chi connectivity index (χ1) is 8.52. The number of pyridine rings is 1. The van der Waals surface area contributed by atoms with Gasteiger partial charge in [-0.1, -0.05) is 0 Å². The van der Waals surface area contributed by atoms with Crippen molar-refractivity contribution in [3.8, 4) is 0 Å². The van der Waals surface area contributed by atoms with Gasteiger partial charge in [0.1, 0.15) is 0 Å². The molecule has 0 aliphatic heterocycles. The average molecular weight is 252 g/mol. The van der Waals surface area contributed by atoms with E-state index in [1.807, 2.05) is 31.1 Å². The molecule has 0 atom stereocenters. The minimum Gasteiger partial charge on any atom is -0.390 e. The summed E-state index contributed by atoms with van der Waals surface area (Å²) in [6, 6.07) is 3.95. The molecule has 0 saturated carbocycles. The summed E-state index contributed by atoms with van der Waals surface area (Å²) in [6.07, 6.45) is 0. The van der Waals surface area contributed by atoms with Crippen LogP contribution in [0.3, 0.4) is 0 Å². The number of nitrogens with one attached hydrogen (secondary N) is 1. The molecule has 1 aromatic heterocycles. The molecule has 0 aromatic carbocycles. The Morgan fingerprint density at radius 3 is 2.39 bits per heavy atom. The van der Waals surface area contributed by atoms with Gasteiger partial charge in [0.05, 0.1) is 18.0 Å². The van der Waals surface area contributed by atoms with Gasteiger partial charge in [0.2, 0.25) is 0 Å². The summed E-state index contributed by atoms with van der Waals surface area (Å²) < 4.78 is 0. The average Bonchev–Trinajstić information content (AvgIpc) is 2.34. The molecule has 1 aromatic rings. The Labute approximate surface area is 109 Å². The number of aliphatic hydroxyl groups excluding tert-OH is 1. The maximum Gasteiger partial charge on any atom is 0.0853 e. The number of hydrogen-bond donors (Lipinski definition) is 2. The number of hydrogen-bond acceptors (Lipinski definition) is 5. The molecule has 0 spiro atoms. The largest absolute Gasteiger partial charge is 0.390 e. The third-order valence-electron chi connectivity index (χ3n) is 2.64. The fourth-order valence-electron chi connectivity index (χ4n) is 1.58. The quantitative estimate of drug-likeness (QED) is 0.683. The fourth-order valence-corrected chi connectivity index (χ4v) is 1.58. The molecular formula is C13H24N4O. The Hall–Kier alpha value is -1.17. The van der Waals surface area contributed by atoms with Crippen LogP contribution in [0.4, 0.5) is 5.69 Å². The van der Waals surface area contributed by atoms with Gasteiger partial charge in [-0.25, -0.2) is 0 Å². The minimum atomic E-state index is -0.0215. The molecule has 0 saturated heterocycles. The van der Waals surface area contributed by atoms with Crippen molar-refractivity contribution in [3.05, 3.63) is 23.5 Å². The first-order valence-electron chi connectivity index (χ1n) is 6.16. The Bertz CT molecular complexity index is 366. The zero-order valence-electron chi connectivity index (χ0n) is 11.8. The van der Waals surface area contributed by atoms with Crippen molar-refractivity contribution in [2.24, 2.45) is 0 Å². The van der Waals surface area contributed by atoms with E-state index in [2.05, 4.69) is 29.3 Å². The van der Waals surface area contributed by atoms with Crippen LogP contribution in [-0.2, 0) is 13.2 Å². The monoisotopic (exact) mass is 252 g/mol. The van der Waals surface area contributed by atoms with Crippen molar-refractivity contribution in [3.63, 3.8) is 0 Å². The molecule has 5 heteroatoms. The van der Waals surface area contributed by atoms with Crippen LogP contribution < -0.4 is 10.2 Å². The highest BCUT2D eigenvalue weighted by atomic mass is 16.3. The zero-order valence-corrected chi connectivity index (χ0v) is 11.8. The van der Waals surface area contributed by atoms with E-state index in [1.54, 1.807) is 0 Å². The third-order valence-corrected chi connectivity index (χ3v) is 2.64. The summed E-state index contributed by atoms with van der Waals surface area (Å²) in [5.41, 5.74) is 2.74. The summed E-state index contributed by atoms with van der Waals surface area (Å²) in [6.45, 7) is 2.63. The highest BCUT2D eigenvalue weighted by molar-refractivity contribution is 5.46. The molecule has 0 radical (unpaired) electrons. The second-order valence-electron chi connectivity index (χ2n) is 4.84. The van der Waals surface area contributed by atoms with Gasteiger partial charge < -0.3 is 20.2 Å². The Morgan fingerprint density at radius 2 is 1.83 bits per heavy atom. The highest BCUT2D eigenvalue weighted by Crippen LogP contribution is 2.14. The van der Waals surface area contributed by atoms with E-state index in [0.29, 0.717) is 5.69 Å². The standard InChI is InChI=1S/C13H24N4O/c1-16(2)6-5-14-9-11-7-13(17(3)4)8-12(10-18)15-11/h7-8,14,18H,5-6,9-10H2,1-4H3. The molecule has 1 heterocycles. The first-order valence-corrected chi connectivity index (χ1v) is 6.16. The Balaban J connectivity index is 2.61. The molecule has 5 nitrogen and oxygen atoms in total. The van der Waals surface area contributed by atoms with Gasteiger partial charge in [-0.05, 0) is 26.2 Å². The van der Waals surface area contributed by atoms with Crippen LogP contribution in [0.2, 0.25) is 0 Å². The summed E-state index contributed by atoms with van der Waals surface area (Å²) in [4.78, 5) is 8.55. The van der Waals surface area contributed by atoms with Gasteiger partial charge >= 0.3 is 0 Å². The second-order valence-corrected chi connectivity index (χ2v) is 4.84. The van der Waals surface area contributed by atoms with Crippen LogP contribution in [0.25, 0.3) is 0 Å². The summed E-state index contributed by atoms with van der Waals surface area (Å²) >= 11 is 0. The molecule has 1 rings (SSSR count). The maximum absolute atomic E-state index is 9.20. The molecule has 102 valence electrons. The summed E-state index contributed by atoms with van der Waals surface area (Å²) in [7, 11) is 8.08. The maximum atomic E-state index is 9.20. The van der Waals surface area contributed by atoms with E-state index in [1.165, 1.54) is 0 Å². The van der Waals surface area contributed by atoms with Crippen molar-refractivity contribution in [2.45, 2.75) is 13.2 Å². The van der Waals surface area contributed by atoms with Crippen LogP contribution in [0, 0.1) is 0 Å². The van der Waals surface area contributed by atoms with Crippen molar-refractivity contribution in [1.29, 1.82) is 0 Å². The van der Waals surface area contributed by atoms with Gasteiger partial charge in [0, 0.05) is 39.4 Å². The third kappa shape index (κ3) is 5.00. The van der Waals surface area contributed by atoms with E-state index in [9.17, 15) is 5.11 Å². The van der Waals surface area contributed by atoms with Gasteiger partial charge in [-0.3, -0.25) is 4.98 Å². The number of aromatic nitrogens is 1. The SMILES string of the molecule is CN(C)CCNCc1cc(N(C)C)cc(CO)n1. The zero-order chi connectivity index (χ0) is 13.5. The predicted molar refractivity (Wildman–Crippen MR) is 74.7 cm³/mol. The van der Waals surface area contributed by atoms with Crippen molar-refractivity contribution in [1.82, 2.24) is 15.2 Å². The van der Waals surface area contributed by atoms with Crippen LogP contribution in [0.1, 0.15) is 11.4 Å². The van der Waals surface area contributed by atoms with Crippen LogP contribution in [0.5, 0.6) is 0 Å². The molecule has 0 bridgehead atoms. The number of rotatable bonds is 7. The van der Waals surface area contributed by atoms with Crippen LogP contribution >= 0.6 is 0 Å². The summed E-state index contributed by atoms with van der Waals surface area (Å²) in [5.74, 6) is 0. The van der Waals surface area contributed by atoms with Gasteiger partial charge in [0.15, 0.2) is 0 Å². The fraction of sp³-hybridized carbons (Fsp3) is 0.615. The molecule has 0 amide bonds. The highest BCUT2D eigenvalue weighted by Gasteiger charge is 2.04. The molecule has 0 aliphatic carbocycles. The second kappa shape index (κ2) is 7.31. The lowest BCUT2D eigenvalue weighted by Crippen LogP contribution is -2.26. The number of aliphatic hydroxyl groups is 1. The topological polar surface area (TPSA) is 51.6 Å². The smallest absolute Gasteiger partial charge is 0.0853 e. The van der Waals surface area contributed by atoms with Gasteiger partial charge in [-0.2, -0.15) is 0 Å². The van der Waals surface area contributed by atoms with E-state index in [0.717, 1.165) is 31.0 Å².